The second-order valence-corrected chi connectivity index (χ2v) is 6.62. The number of nitrogens with zero attached hydrogens (tertiary/aromatic N) is 1. The lowest BCUT2D eigenvalue weighted by Gasteiger charge is -2.14. The first kappa shape index (κ1) is 15.0. The molecule has 0 aromatic carbocycles. The summed E-state index contributed by atoms with van der Waals surface area (Å²) in [5, 5.41) is 4.77. The Bertz CT molecular complexity index is 583. The molecule has 1 aliphatic heterocycles. The standard InChI is InChI=1S/C16H18N2O3S/c19-14(17-10-11-4-3-9-22-11)7-8-18-15(20)12-5-1-2-6-13(12)16(18)21/h1-4,9,12-13H,5-8,10H2,(H,17,19)/t12-,13-/m0/s1. The van der Waals surface area contributed by atoms with Gasteiger partial charge in [0.2, 0.25) is 17.7 Å². The highest BCUT2D eigenvalue weighted by atomic mass is 32.1. The monoisotopic (exact) mass is 318 g/mol. The third-order valence-electron chi connectivity index (χ3n) is 4.20. The van der Waals surface area contributed by atoms with Crippen LogP contribution >= 0.6 is 11.3 Å². The van der Waals surface area contributed by atoms with Gasteiger partial charge in [0.25, 0.3) is 0 Å². The van der Waals surface area contributed by atoms with Gasteiger partial charge in [-0.05, 0) is 24.3 Å². The third kappa shape index (κ3) is 2.97. The molecular weight excluding hydrogens is 300 g/mol. The number of allylic oxidation sites excluding steroid dienone is 2. The first-order valence-corrected chi connectivity index (χ1v) is 8.34. The summed E-state index contributed by atoms with van der Waals surface area (Å²) in [5.74, 6) is -0.809. The fourth-order valence-corrected chi connectivity index (χ4v) is 3.63. The number of carbonyl (C=O) groups excluding carboxylic acids is 3. The molecule has 0 spiro atoms. The van der Waals surface area contributed by atoms with E-state index < -0.39 is 0 Å². The van der Waals surface area contributed by atoms with Crippen LogP contribution in [0.1, 0.15) is 24.1 Å². The van der Waals surface area contributed by atoms with Crippen molar-refractivity contribution in [1.82, 2.24) is 10.2 Å². The quantitative estimate of drug-likeness (QED) is 0.664. The zero-order valence-corrected chi connectivity index (χ0v) is 13.0. The number of hydrogen-bond acceptors (Lipinski definition) is 4. The molecule has 6 heteroatoms. The summed E-state index contributed by atoms with van der Waals surface area (Å²) in [6.07, 6.45) is 5.36. The molecule has 0 saturated carbocycles. The van der Waals surface area contributed by atoms with Crippen LogP contribution in [0.4, 0.5) is 0 Å². The highest BCUT2D eigenvalue weighted by molar-refractivity contribution is 7.09. The normalized spacial score (nSPS) is 23.7. The average Bonchev–Trinajstić information content (AvgIpc) is 3.13. The van der Waals surface area contributed by atoms with Crippen LogP contribution in [0.25, 0.3) is 0 Å². The highest BCUT2D eigenvalue weighted by Gasteiger charge is 2.46. The van der Waals surface area contributed by atoms with Gasteiger partial charge < -0.3 is 5.32 Å². The molecule has 2 heterocycles. The van der Waals surface area contributed by atoms with Crippen molar-refractivity contribution in [2.45, 2.75) is 25.8 Å². The zero-order valence-electron chi connectivity index (χ0n) is 12.2. The van der Waals surface area contributed by atoms with Crippen LogP contribution in [0.5, 0.6) is 0 Å². The second-order valence-electron chi connectivity index (χ2n) is 5.59. The molecule has 116 valence electrons. The van der Waals surface area contributed by atoms with E-state index in [9.17, 15) is 14.4 Å². The molecule has 1 aromatic rings. The van der Waals surface area contributed by atoms with E-state index in [-0.39, 0.29) is 42.5 Å². The van der Waals surface area contributed by atoms with E-state index in [1.54, 1.807) is 11.3 Å². The topological polar surface area (TPSA) is 66.5 Å². The largest absolute Gasteiger partial charge is 0.351 e. The van der Waals surface area contributed by atoms with E-state index in [2.05, 4.69) is 5.32 Å². The molecule has 1 saturated heterocycles. The zero-order chi connectivity index (χ0) is 15.5. The highest BCUT2D eigenvalue weighted by Crippen LogP contribution is 2.34. The van der Waals surface area contributed by atoms with Crippen LogP contribution in [0, 0.1) is 11.8 Å². The minimum Gasteiger partial charge on any atom is -0.351 e. The maximum atomic E-state index is 12.2. The Morgan fingerprint density at radius 2 is 1.91 bits per heavy atom. The Morgan fingerprint density at radius 1 is 1.23 bits per heavy atom. The van der Waals surface area contributed by atoms with Crippen LogP contribution in [0.15, 0.2) is 29.7 Å². The molecule has 0 radical (unpaired) electrons. The smallest absolute Gasteiger partial charge is 0.233 e. The Balaban J connectivity index is 1.50. The number of amides is 3. The van der Waals surface area contributed by atoms with Crippen molar-refractivity contribution in [3.8, 4) is 0 Å². The molecule has 1 fully saturated rings. The molecule has 0 bridgehead atoms. The molecule has 2 aliphatic rings. The van der Waals surface area contributed by atoms with Gasteiger partial charge in [0.15, 0.2) is 0 Å². The molecule has 2 atom stereocenters. The maximum Gasteiger partial charge on any atom is 0.233 e. The van der Waals surface area contributed by atoms with E-state index in [1.165, 1.54) is 4.90 Å². The summed E-state index contributed by atoms with van der Waals surface area (Å²) >= 11 is 1.58. The van der Waals surface area contributed by atoms with Gasteiger partial charge in [-0.15, -0.1) is 11.3 Å². The first-order chi connectivity index (χ1) is 10.7. The van der Waals surface area contributed by atoms with E-state index in [0.717, 1.165) is 4.88 Å². The SMILES string of the molecule is O=C(CCN1C(=O)[C@H]2CC=CC[C@@H]2C1=O)NCc1cccs1. The van der Waals surface area contributed by atoms with Crippen molar-refractivity contribution in [1.29, 1.82) is 0 Å². The molecule has 3 amide bonds. The second kappa shape index (κ2) is 6.44. The maximum absolute atomic E-state index is 12.2. The molecule has 5 nitrogen and oxygen atoms in total. The first-order valence-electron chi connectivity index (χ1n) is 7.46. The summed E-state index contributed by atoms with van der Waals surface area (Å²) in [6, 6.07) is 3.89. The van der Waals surface area contributed by atoms with Gasteiger partial charge in [0.1, 0.15) is 0 Å². The van der Waals surface area contributed by atoms with Gasteiger partial charge >= 0.3 is 0 Å². The van der Waals surface area contributed by atoms with Crippen LogP contribution in [-0.4, -0.2) is 29.2 Å². The van der Waals surface area contributed by atoms with Gasteiger partial charge in [0.05, 0.1) is 18.4 Å². The predicted octanol–water partition coefficient (Wildman–Crippen LogP) is 1.71. The van der Waals surface area contributed by atoms with Crippen LogP contribution in [0.3, 0.4) is 0 Å². The fraction of sp³-hybridized carbons (Fsp3) is 0.438. The minimum atomic E-state index is -0.216. The molecular formula is C16H18N2O3S. The van der Waals surface area contributed by atoms with E-state index >= 15 is 0 Å². The average molecular weight is 318 g/mol. The van der Waals surface area contributed by atoms with Crippen LogP contribution in [-0.2, 0) is 20.9 Å². The third-order valence-corrected chi connectivity index (χ3v) is 5.08. The van der Waals surface area contributed by atoms with E-state index in [0.29, 0.717) is 19.4 Å². The lowest BCUT2D eigenvalue weighted by molar-refractivity contribution is -0.140. The summed E-state index contributed by atoms with van der Waals surface area (Å²) in [5.41, 5.74) is 0. The van der Waals surface area contributed by atoms with Crippen molar-refractivity contribution in [2.75, 3.05) is 6.54 Å². The number of hydrogen-bond donors (Lipinski definition) is 1. The number of thiophene rings is 1. The molecule has 3 rings (SSSR count). The molecule has 0 unspecified atom stereocenters. The molecule has 1 aliphatic carbocycles. The Morgan fingerprint density at radius 3 is 2.50 bits per heavy atom. The number of likely N-dealkylation sites (tertiary alicyclic amines) is 1. The van der Waals surface area contributed by atoms with Crippen LogP contribution < -0.4 is 5.32 Å². The number of nitrogens with one attached hydrogen (secondary N) is 1. The Labute approximate surface area is 133 Å². The number of imide groups is 1. The van der Waals surface area contributed by atoms with Crippen LogP contribution in [0.2, 0.25) is 0 Å². The van der Waals surface area contributed by atoms with Crippen molar-refractivity contribution in [3.05, 3.63) is 34.5 Å². The van der Waals surface area contributed by atoms with Gasteiger partial charge in [0, 0.05) is 17.8 Å². The summed E-state index contributed by atoms with van der Waals surface area (Å²) in [7, 11) is 0. The van der Waals surface area contributed by atoms with E-state index in [4.69, 9.17) is 0 Å². The number of rotatable bonds is 5. The minimum absolute atomic E-state index is 0.120. The van der Waals surface area contributed by atoms with Crippen molar-refractivity contribution < 1.29 is 14.4 Å². The summed E-state index contributed by atoms with van der Waals surface area (Å²) in [6.45, 7) is 0.675. The molecule has 22 heavy (non-hydrogen) atoms. The van der Waals surface area contributed by atoms with Crippen molar-refractivity contribution in [3.63, 3.8) is 0 Å². The molecule has 1 N–H and O–H groups in total. The predicted molar refractivity (Wildman–Crippen MR) is 82.9 cm³/mol. The fourth-order valence-electron chi connectivity index (χ4n) is 2.99. The number of carbonyl (C=O) groups is 3. The summed E-state index contributed by atoms with van der Waals surface area (Å²) in [4.78, 5) is 38.7. The lowest BCUT2D eigenvalue weighted by atomic mass is 9.85. The van der Waals surface area contributed by atoms with Gasteiger partial charge in [-0.3, -0.25) is 19.3 Å². The summed E-state index contributed by atoms with van der Waals surface area (Å²) < 4.78 is 0. The van der Waals surface area contributed by atoms with E-state index in [1.807, 2.05) is 29.7 Å². The lowest BCUT2D eigenvalue weighted by Crippen LogP contribution is -2.35. The molecule has 1 aromatic heterocycles. The number of fused-ring (bicyclic) bond motifs is 1. The Hall–Kier alpha value is -1.95. The van der Waals surface area contributed by atoms with Gasteiger partial charge in [-0.2, -0.15) is 0 Å². The van der Waals surface area contributed by atoms with Gasteiger partial charge in [-0.1, -0.05) is 18.2 Å². The Kier molecular flexibility index (Phi) is 4.38. The van der Waals surface area contributed by atoms with Crippen molar-refractivity contribution in [2.24, 2.45) is 11.8 Å². The van der Waals surface area contributed by atoms with Gasteiger partial charge in [-0.25, -0.2) is 0 Å². The van der Waals surface area contributed by atoms with Crippen molar-refractivity contribution >= 4 is 29.1 Å².